The van der Waals surface area contributed by atoms with Crippen LogP contribution in [-0.2, 0) is 14.3 Å². The van der Waals surface area contributed by atoms with E-state index >= 15 is 0 Å². The summed E-state index contributed by atoms with van der Waals surface area (Å²) in [5, 5.41) is 0. The Morgan fingerprint density at radius 2 is 2.18 bits per heavy atom. The minimum absolute atomic E-state index is 0.0576. The predicted octanol–water partition coefficient (Wildman–Crippen LogP) is 1.12. The Labute approximate surface area is 66.7 Å². The number of hydrogen-bond acceptors (Lipinski definition) is 3. The first kappa shape index (κ1) is 8.68. The molecule has 1 unspecified atom stereocenters. The molecule has 0 bridgehead atoms. The van der Waals surface area contributed by atoms with E-state index < -0.39 is 6.29 Å². The van der Waals surface area contributed by atoms with Gasteiger partial charge >= 0.3 is 0 Å². The van der Waals surface area contributed by atoms with Crippen molar-refractivity contribution in [3.05, 3.63) is 0 Å². The summed E-state index contributed by atoms with van der Waals surface area (Å²) < 4.78 is 10.5. The van der Waals surface area contributed by atoms with Crippen LogP contribution in [0.4, 0.5) is 0 Å². The fraction of sp³-hybridized carbons (Fsp3) is 0.875. The van der Waals surface area contributed by atoms with Crippen LogP contribution in [0.1, 0.15) is 27.2 Å². The van der Waals surface area contributed by atoms with Crippen molar-refractivity contribution in [2.75, 3.05) is 6.61 Å². The van der Waals surface area contributed by atoms with Crippen LogP contribution in [0.5, 0.6) is 0 Å². The molecule has 1 fully saturated rings. The second kappa shape index (κ2) is 2.91. The molecule has 3 heteroatoms. The maximum atomic E-state index is 10.8. The van der Waals surface area contributed by atoms with Gasteiger partial charge < -0.3 is 9.47 Å². The van der Waals surface area contributed by atoms with E-state index in [1.165, 1.54) is 6.92 Å². The van der Waals surface area contributed by atoms with Crippen molar-refractivity contribution in [1.29, 1.82) is 0 Å². The molecule has 0 aromatic heterocycles. The summed E-state index contributed by atoms with van der Waals surface area (Å²) >= 11 is 0. The van der Waals surface area contributed by atoms with Crippen molar-refractivity contribution < 1.29 is 14.3 Å². The van der Waals surface area contributed by atoms with Gasteiger partial charge in [-0.1, -0.05) is 0 Å². The Balaban J connectivity index is 2.53. The van der Waals surface area contributed by atoms with Gasteiger partial charge in [0.25, 0.3) is 0 Å². The summed E-state index contributed by atoms with van der Waals surface area (Å²) in [6.07, 6.45) is 0.204. The highest BCUT2D eigenvalue weighted by atomic mass is 16.7. The molecular weight excluding hydrogens is 144 g/mol. The smallest absolute Gasteiger partial charge is 0.217 e. The fourth-order valence-corrected chi connectivity index (χ4v) is 0.995. The molecule has 3 nitrogen and oxygen atoms in total. The van der Waals surface area contributed by atoms with Crippen molar-refractivity contribution in [3.63, 3.8) is 0 Å². The number of carbonyl (C=O) groups excluding carboxylic acids is 1. The third-order valence-corrected chi connectivity index (χ3v) is 1.73. The molecular formula is C8H14O3. The monoisotopic (exact) mass is 158 g/mol. The first-order valence-corrected chi connectivity index (χ1v) is 3.81. The molecule has 0 radical (unpaired) electrons. The molecule has 64 valence electrons. The predicted molar refractivity (Wildman–Crippen MR) is 40.2 cm³/mol. The number of hydrogen-bond donors (Lipinski definition) is 0. The SMILES string of the molecule is CC(=O)C1OCCC(C)(C)O1. The highest BCUT2D eigenvalue weighted by Crippen LogP contribution is 2.22. The molecule has 1 aliphatic heterocycles. The Kier molecular flexibility index (Phi) is 2.30. The van der Waals surface area contributed by atoms with Crippen molar-refractivity contribution in [1.82, 2.24) is 0 Å². The van der Waals surface area contributed by atoms with E-state index in [1.54, 1.807) is 0 Å². The number of rotatable bonds is 1. The average Bonchev–Trinajstić information content (AvgIpc) is 1.85. The van der Waals surface area contributed by atoms with Gasteiger partial charge in [-0.15, -0.1) is 0 Å². The van der Waals surface area contributed by atoms with Crippen LogP contribution in [0.3, 0.4) is 0 Å². The maximum absolute atomic E-state index is 10.8. The summed E-state index contributed by atoms with van der Waals surface area (Å²) in [6, 6.07) is 0. The second-order valence-electron chi connectivity index (χ2n) is 3.44. The first-order valence-electron chi connectivity index (χ1n) is 3.81. The minimum atomic E-state index is -0.640. The first-order chi connectivity index (χ1) is 5.01. The lowest BCUT2D eigenvalue weighted by molar-refractivity contribution is -0.235. The van der Waals surface area contributed by atoms with Gasteiger partial charge in [-0.2, -0.15) is 0 Å². The van der Waals surface area contributed by atoms with Crippen molar-refractivity contribution in [2.24, 2.45) is 0 Å². The molecule has 1 rings (SSSR count). The largest absolute Gasteiger partial charge is 0.346 e. The van der Waals surface area contributed by atoms with Crippen LogP contribution in [-0.4, -0.2) is 24.3 Å². The molecule has 0 amide bonds. The third-order valence-electron chi connectivity index (χ3n) is 1.73. The zero-order valence-electron chi connectivity index (χ0n) is 7.22. The van der Waals surface area contributed by atoms with Gasteiger partial charge in [0.1, 0.15) is 0 Å². The second-order valence-corrected chi connectivity index (χ2v) is 3.44. The van der Waals surface area contributed by atoms with Crippen LogP contribution >= 0.6 is 0 Å². The molecule has 11 heavy (non-hydrogen) atoms. The lowest BCUT2D eigenvalue weighted by atomic mass is 10.0. The lowest BCUT2D eigenvalue weighted by Crippen LogP contribution is -2.42. The fourth-order valence-electron chi connectivity index (χ4n) is 0.995. The normalized spacial score (nSPS) is 29.9. The molecule has 0 aromatic rings. The number of Topliss-reactive ketones (excluding diaryl/α,β-unsaturated/α-hetero) is 1. The molecule has 0 saturated carbocycles. The molecule has 1 saturated heterocycles. The van der Waals surface area contributed by atoms with Gasteiger partial charge in [-0.05, 0) is 27.2 Å². The Morgan fingerprint density at radius 3 is 2.55 bits per heavy atom. The molecule has 0 N–H and O–H groups in total. The standard InChI is InChI=1S/C8H14O3/c1-6(9)7-10-5-4-8(2,3)11-7/h7H,4-5H2,1-3H3. The van der Waals surface area contributed by atoms with Crippen molar-refractivity contribution in [2.45, 2.75) is 39.1 Å². The van der Waals surface area contributed by atoms with Crippen molar-refractivity contribution >= 4 is 5.78 Å². The van der Waals surface area contributed by atoms with Crippen LogP contribution < -0.4 is 0 Å². The zero-order valence-corrected chi connectivity index (χ0v) is 7.22. The van der Waals surface area contributed by atoms with E-state index in [1.807, 2.05) is 13.8 Å². The Morgan fingerprint density at radius 1 is 1.55 bits per heavy atom. The summed E-state index contributed by atoms with van der Waals surface area (Å²) in [6.45, 7) is 6.01. The van der Waals surface area contributed by atoms with E-state index in [-0.39, 0.29) is 11.4 Å². The van der Waals surface area contributed by atoms with Gasteiger partial charge in [0.15, 0.2) is 5.78 Å². The zero-order chi connectivity index (χ0) is 8.48. The highest BCUT2D eigenvalue weighted by Gasteiger charge is 2.31. The van der Waals surface area contributed by atoms with E-state index in [0.717, 1.165) is 6.42 Å². The Hall–Kier alpha value is -0.410. The highest BCUT2D eigenvalue weighted by molar-refractivity contribution is 5.79. The molecule has 1 atom stereocenters. The van der Waals surface area contributed by atoms with E-state index in [0.29, 0.717) is 6.61 Å². The van der Waals surface area contributed by atoms with E-state index in [2.05, 4.69) is 0 Å². The van der Waals surface area contributed by atoms with Crippen LogP contribution in [0.15, 0.2) is 0 Å². The van der Waals surface area contributed by atoms with Crippen LogP contribution in [0.2, 0.25) is 0 Å². The topological polar surface area (TPSA) is 35.5 Å². The quantitative estimate of drug-likeness (QED) is 0.573. The van der Waals surface area contributed by atoms with Gasteiger partial charge in [-0.3, -0.25) is 4.79 Å². The third kappa shape index (κ3) is 2.27. The molecule has 1 heterocycles. The molecule has 0 spiro atoms. The summed E-state index contributed by atoms with van der Waals surface area (Å²) in [5.74, 6) is -0.0576. The minimum Gasteiger partial charge on any atom is -0.346 e. The summed E-state index contributed by atoms with van der Waals surface area (Å²) in [4.78, 5) is 10.8. The summed E-state index contributed by atoms with van der Waals surface area (Å²) in [5.41, 5.74) is -0.214. The van der Waals surface area contributed by atoms with Gasteiger partial charge in [0.2, 0.25) is 6.29 Å². The average molecular weight is 158 g/mol. The number of carbonyl (C=O) groups is 1. The van der Waals surface area contributed by atoms with Gasteiger partial charge in [0.05, 0.1) is 12.2 Å². The maximum Gasteiger partial charge on any atom is 0.217 e. The molecule has 1 aliphatic rings. The summed E-state index contributed by atoms with van der Waals surface area (Å²) in [7, 11) is 0. The molecule has 0 aliphatic carbocycles. The van der Waals surface area contributed by atoms with Crippen LogP contribution in [0, 0.1) is 0 Å². The number of ketones is 1. The lowest BCUT2D eigenvalue weighted by Gasteiger charge is -2.34. The van der Waals surface area contributed by atoms with E-state index in [4.69, 9.17) is 9.47 Å². The number of ether oxygens (including phenoxy) is 2. The molecule has 0 aromatic carbocycles. The van der Waals surface area contributed by atoms with Crippen molar-refractivity contribution in [3.8, 4) is 0 Å². The van der Waals surface area contributed by atoms with E-state index in [9.17, 15) is 4.79 Å². The van der Waals surface area contributed by atoms with Gasteiger partial charge in [0, 0.05) is 0 Å². The van der Waals surface area contributed by atoms with Gasteiger partial charge in [-0.25, -0.2) is 0 Å². The van der Waals surface area contributed by atoms with Crippen LogP contribution in [0.25, 0.3) is 0 Å². The Bertz CT molecular complexity index is 163.